The second-order valence-corrected chi connectivity index (χ2v) is 23.1. The van der Waals surface area contributed by atoms with Gasteiger partial charge in [0.05, 0.1) is 32.3 Å². The van der Waals surface area contributed by atoms with Crippen molar-refractivity contribution in [3.63, 3.8) is 0 Å². The van der Waals surface area contributed by atoms with Crippen molar-refractivity contribution in [3.8, 4) is 30.6 Å². The molecule has 2 amide bonds. The molecule has 1 aromatic carbocycles. The van der Waals surface area contributed by atoms with Crippen LogP contribution in [0.4, 0.5) is 0 Å². The maximum atomic E-state index is 14.4. The standard InChI is InChI=1S/C48H44N2O2S6/c1-25-15-17-33(55-25)38-30-19-20-53-45(30)39(34-18-16-26(2)56-34)32-23-37(58-46(32)38)44-31(28-13-9-6-10-14-28)22-36(57-44)43-41-40(47(51)50(43)4)42(49(3)48(41)52)35-21-29(24-54-35)27-11-7-5-8-12-27/h15-24,27-28H,5-14H2,1-4H3. The highest BCUT2D eigenvalue weighted by Gasteiger charge is 2.48. The molecule has 7 aromatic rings. The molecule has 0 spiro atoms. The van der Waals surface area contributed by atoms with E-state index in [1.54, 1.807) is 32.5 Å². The molecule has 0 radical (unpaired) electrons. The molecule has 4 nitrogen and oxygen atoms in total. The van der Waals surface area contributed by atoms with Gasteiger partial charge in [-0.05, 0) is 122 Å². The van der Waals surface area contributed by atoms with Crippen molar-refractivity contribution in [1.29, 1.82) is 0 Å². The number of carbonyl (C=O) groups is 2. The number of rotatable bonds is 7. The van der Waals surface area contributed by atoms with Crippen molar-refractivity contribution in [3.05, 3.63) is 101 Å². The molecule has 11 rings (SSSR count). The number of fused-ring (bicyclic) bond motifs is 3. The average Bonchev–Trinajstić information content (AvgIpc) is 4.10. The van der Waals surface area contributed by atoms with Gasteiger partial charge in [-0.2, -0.15) is 0 Å². The summed E-state index contributed by atoms with van der Waals surface area (Å²) in [4.78, 5) is 42.3. The van der Waals surface area contributed by atoms with Crippen LogP contribution in [-0.2, 0) is 9.59 Å². The summed E-state index contributed by atoms with van der Waals surface area (Å²) in [5.74, 6) is 0.871. The first kappa shape index (κ1) is 37.4. The number of hydrogen-bond acceptors (Lipinski definition) is 8. The van der Waals surface area contributed by atoms with Crippen molar-refractivity contribution >= 4 is 111 Å². The molecule has 0 saturated heterocycles. The first-order valence-electron chi connectivity index (χ1n) is 20.6. The third-order valence-corrected chi connectivity index (χ3v) is 19.4. The second-order valence-electron chi connectivity index (χ2n) is 16.6. The highest BCUT2D eigenvalue weighted by molar-refractivity contribution is 7.28. The minimum Gasteiger partial charge on any atom is -0.309 e. The van der Waals surface area contributed by atoms with Crippen LogP contribution in [-0.4, -0.2) is 35.7 Å². The van der Waals surface area contributed by atoms with Gasteiger partial charge in [-0.15, -0.1) is 68.0 Å². The summed E-state index contributed by atoms with van der Waals surface area (Å²) in [6, 6.07) is 18.6. The Balaban J connectivity index is 1.11. The maximum absolute atomic E-state index is 14.4. The normalized spacial score (nSPS) is 18.4. The minimum atomic E-state index is -0.0758. The van der Waals surface area contributed by atoms with Crippen LogP contribution in [0.1, 0.15) is 107 Å². The van der Waals surface area contributed by atoms with Gasteiger partial charge in [-0.1, -0.05) is 38.5 Å². The van der Waals surface area contributed by atoms with Crippen LogP contribution in [0.15, 0.2) is 70.4 Å². The number of aryl methyl sites for hydroxylation is 2. The second kappa shape index (κ2) is 14.5. The molecule has 0 bridgehead atoms. The molecule has 0 N–H and O–H groups in total. The molecule has 8 heterocycles. The number of likely N-dealkylation sites (N-methyl/N-ethyl adjacent to an activating group) is 2. The van der Waals surface area contributed by atoms with Crippen LogP contribution < -0.4 is 0 Å². The Morgan fingerprint density at radius 3 is 1.78 bits per heavy atom. The van der Waals surface area contributed by atoms with E-state index in [2.05, 4.69) is 73.1 Å². The molecular weight excluding hydrogens is 829 g/mol. The highest BCUT2D eigenvalue weighted by atomic mass is 32.1. The molecule has 0 unspecified atom stereocenters. The first-order chi connectivity index (χ1) is 28.2. The van der Waals surface area contributed by atoms with Crippen LogP contribution in [0.2, 0.25) is 0 Å². The molecular formula is C48H44N2O2S6. The fraction of sp³-hybridized carbons (Fsp3) is 0.333. The Labute approximate surface area is 363 Å². The predicted molar refractivity (Wildman–Crippen MR) is 252 cm³/mol. The van der Waals surface area contributed by atoms with Gasteiger partial charge in [0.1, 0.15) is 0 Å². The summed E-state index contributed by atoms with van der Waals surface area (Å²) < 4.78 is 2.70. The van der Waals surface area contributed by atoms with E-state index in [1.165, 1.54) is 136 Å². The van der Waals surface area contributed by atoms with Gasteiger partial charge in [0.15, 0.2) is 0 Å². The molecule has 294 valence electrons. The molecule has 6 aromatic heterocycles. The lowest BCUT2D eigenvalue weighted by atomic mass is 9.84. The fourth-order valence-corrected chi connectivity index (χ4v) is 16.8. The number of amides is 2. The Morgan fingerprint density at radius 1 is 0.552 bits per heavy atom. The molecule has 2 fully saturated rings. The fourth-order valence-electron chi connectivity index (χ4n) is 10.1. The average molecular weight is 873 g/mol. The van der Waals surface area contributed by atoms with Crippen LogP contribution in [0, 0.1) is 13.8 Å². The lowest BCUT2D eigenvalue weighted by Crippen LogP contribution is -2.24. The summed E-state index contributed by atoms with van der Waals surface area (Å²) >= 11 is 11.0. The lowest BCUT2D eigenvalue weighted by molar-refractivity contribution is -0.123. The van der Waals surface area contributed by atoms with Gasteiger partial charge in [0.25, 0.3) is 11.8 Å². The molecule has 4 aliphatic rings. The zero-order valence-electron chi connectivity index (χ0n) is 33.2. The molecule has 10 heteroatoms. The van der Waals surface area contributed by atoms with Gasteiger partial charge < -0.3 is 9.80 Å². The monoisotopic (exact) mass is 872 g/mol. The van der Waals surface area contributed by atoms with E-state index in [4.69, 9.17) is 0 Å². The Morgan fingerprint density at radius 2 is 1.16 bits per heavy atom. The molecule has 2 aliphatic carbocycles. The zero-order valence-corrected chi connectivity index (χ0v) is 38.1. The predicted octanol–water partition coefficient (Wildman–Crippen LogP) is 15.1. The van der Waals surface area contributed by atoms with Crippen molar-refractivity contribution in [2.45, 2.75) is 89.9 Å². The van der Waals surface area contributed by atoms with Gasteiger partial charge in [0.2, 0.25) is 0 Å². The van der Waals surface area contributed by atoms with Crippen LogP contribution in [0.25, 0.3) is 62.2 Å². The van der Waals surface area contributed by atoms with E-state index in [-0.39, 0.29) is 11.8 Å². The summed E-state index contributed by atoms with van der Waals surface area (Å²) in [6.07, 6.45) is 12.4. The molecule has 58 heavy (non-hydrogen) atoms. The quantitative estimate of drug-likeness (QED) is 0.160. The molecule has 2 aliphatic heterocycles. The van der Waals surface area contributed by atoms with Crippen molar-refractivity contribution in [1.82, 2.24) is 9.80 Å². The topological polar surface area (TPSA) is 40.6 Å². The number of carbonyl (C=O) groups excluding carboxylic acids is 2. The van der Waals surface area contributed by atoms with Crippen molar-refractivity contribution in [2.75, 3.05) is 14.1 Å². The Hall–Kier alpha value is -3.64. The minimum absolute atomic E-state index is 0.0758. The van der Waals surface area contributed by atoms with Crippen molar-refractivity contribution in [2.24, 2.45) is 0 Å². The van der Waals surface area contributed by atoms with Crippen LogP contribution in [0.3, 0.4) is 0 Å². The van der Waals surface area contributed by atoms with Crippen LogP contribution in [0.5, 0.6) is 0 Å². The van der Waals surface area contributed by atoms with Crippen molar-refractivity contribution < 1.29 is 9.59 Å². The lowest BCUT2D eigenvalue weighted by Gasteiger charge is -2.22. The smallest absolute Gasteiger partial charge is 0.261 e. The van der Waals surface area contributed by atoms with E-state index in [1.807, 2.05) is 59.4 Å². The highest BCUT2D eigenvalue weighted by Crippen LogP contribution is 2.56. The number of nitrogens with zero attached hydrogens (tertiary/aromatic N) is 2. The van der Waals surface area contributed by atoms with Gasteiger partial charge in [-0.3, -0.25) is 9.59 Å². The molecule has 2 saturated carbocycles. The van der Waals surface area contributed by atoms with E-state index in [9.17, 15) is 9.59 Å². The number of hydrogen-bond donors (Lipinski definition) is 0. The van der Waals surface area contributed by atoms with E-state index in [0.717, 1.165) is 21.1 Å². The zero-order chi connectivity index (χ0) is 39.4. The third-order valence-electron chi connectivity index (χ3n) is 13.0. The SMILES string of the molecule is Cc1ccc(-c2c3cc(-c4sc(C5=C6C(=O)N(C)C(c7cc(C8CCCCC8)cs7)=C6C(=O)N5C)cc4C4CCCCC4)sc3c(-c3ccc(C)s3)c3ccsc23)s1. The van der Waals surface area contributed by atoms with E-state index < -0.39 is 0 Å². The van der Waals surface area contributed by atoms with Gasteiger partial charge in [-0.25, -0.2) is 0 Å². The third kappa shape index (κ3) is 5.87. The summed E-state index contributed by atoms with van der Waals surface area (Å²) in [6.45, 7) is 4.41. The van der Waals surface area contributed by atoms with E-state index >= 15 is 0 Å². The number of benzene rings is 1. The molecule has 0 atom stereocenters. The Bertz CT molecular complexity index is 2780. The van der Waals surface area contributed by atoms with Gasteiger partial charge in [0, 0.05) is 74.7 Å². The summed E-state index contributed by atoms with van der Waals surface area (Å²) in [7, 11) is 3.73. The number of thiophene rings is 6. The van der Waals surface area contributed by atoms with Crippen LogP contribution >= 0.6 is 68.0 Å². The summed E-state index contributed by atoms with van der Waals surface area (Å²) in [5.41, 5.74) is 8.14. The summed E-state index contributed by atoms with van der Waals surface area (Å²) in [5, 5.41) is 7.19. The maximum Gasteiger partial charge on any atom is 0.261 e. The van der Waals surface area contributed by atoms with E-state index in [0.29, 0.717) is 23.0 Å². The van der Waals surface area contributed by atoms with Gasteiger partial charge >= 0.3 is 0 Å². The largest absolute Gasteiger partial charge is 0.309 e. The first-order valence-corrected chi connectivity index (χ1v) is 25.7. The Kier molecular flexibility index (Phi) is 9.36.